The summed E-state index contributed by atoms with van der Waals surface area (Å²) in [5.41, 5.74) is -0.0445. The number of rotatable bonds is 1. The molecule has 0 amide bonds. The van der Waals surface area contributed by atoms with E-state index in [4.69, 9.17) is 10.7 Å². The number of hydrogen-bond donors (Lipinski definition) is 0. The molecule has 0 aliphatic carbocycles. The van der Waals surface area contributed by atoms with Crippen LogP contribution >= 0.6 is 10.7 Å². The van der Waals surface area contributed by atoms with Crippen LogP contribution in [0, 0.1) is 0 Å². The Bertz CT molecular complexity index is 854. The van der Waals surface area contributed by atoms with Gasteiger partial charge in [-0.1, -0.05) is 18.2 Å². The predicted molar refractivity (Wildman–Crippen MR) is 66.7 cm³/mol. The fraction of sp³-hybridized carbons (Fsp3) is 0. The molecule has 1 aliphatic heterocycles. The van der Waals surface area contributed by atoms with Crippen molar-refractivity contribution in [3.8, 4) is 0 Å². The Morgan fingerprint density at radius 2 is 1.74 bits per heavy atom. The Kier molecular flexibility index (Phi) is 2.42. The average Bonchev–Trinajstić information content (AvgIpc) is 2.33. The van der Waals surface area contributed by atoms with Gasteiger partial charge in [0.25, 0.3) is 9.05 Å². The highest BCUT2D eigenvalue weighted by molar-refractivity contribution is 8.13. The van der Waals surface area contributed by atoms with Crippen molar-refractivity contribution in [2.24, 2.45) is 0 Å². The van der Waals surface area contributed by atoms with Gasteiger partial charge in [-0.05, 0) is 17.5 Å². The Hall–Kier alpha value is -1.92. The summed E-state index contributed by atoms with van der Waals surface area (Å²) in [6.07, 6.45) is 0. The van der Waals surface area contributed by atoms with Gasteiger partial charge < -0.3 is 4.74 Å². The summed E-state index contributed by atoms with van der Waals surface area (Å²) in [6, 6.07) is 7.46. The average molecular weight is 297 g/mol. The smallest absolute Gasteiger partial charge is 0.348 e. The predicted octanol–water partition coefficient (Wildman–Crippen LogP) is 2.08. The molecule has 0 spiro atoms. The van der Waals surface area contributed by atoms with Crippen molar-refractivity contribution in [3.05, 3.63) is 41.5 Å². The van der Waals surface area contributed by atoms with E-state index in [1.807, 2.05) is 0 Å². The molecule has 0 bridgehead atoms. The first-order valence-electron chi connectivity index (χ1n) is 5.16. The molecular formula is C12H5ClO5S. The minimum atomic E-state index is -4.11. The first-order valence-corrected chi connectivity index (χ1v) is 7.47. The van der Waals surface area contributed by atoms with Crippen LogP contribution in [0.4, 0.5) is 0 Å². The number of ether oxygens (including phenoxy) is 1. The van der Waals surface area contributed by atoms with E-state index in [9.17, 15) is 18.0 Å². The number of carbonyl (C=O) groups is 2. The van der Waals surface area contributed by atoms with Gasteiger partial charge >= 0.3 is 11.9 Å². The third kappa shape index (κ3) is 1.72. The summed E-state index contributed by atoms with van der Waals surface area (Å²) < 4.78 is 27.5. The zero-order valence-electron chi connectivity index (χ0n) is 9.21. The maximum absolute atomic E-state index is 11.8. The molecule has 0 saturated carbocycles. The summed E-state index contributed by atoms with van der Waals surface area (Å²) in [5, 5.41) is 0.826. The minimum absolute atomic E-state index is 0.147. The maximum Gasteiger partial charge on any atom is 0.348 e. The molecular weight excluding hydrogens is 292 g/mol. The quantitative estimate of drug-likeness (QED) is 0.457. The van der Waals surface area contributed by atoms with Crippen LogP contribution in [0.3, 0.4) is 0 Å². The zero-order chi connectivity index (χ0) is 13.8. The highest BCUT2D eigenvalue weighted by Crippen LogP contribution is 2.34. The molecule has 0 radical (unpaired) electrons. The van der Waals surface area contributed by atoms with E-state index >= 15 is 0 Å². The van der Waals surface area contributed by atoms with Gasteiger partial charge in [0.1, 0.15) is 0 Å². The lowest BCUT2D eigenvalue weighted by Gasteiger charge is -2.17. The second-order valence-corrected chi connectivity index (χ2v) is 6.49. The van der Waals surface area contributed by atoms with Gasteiger partial charge in [0, 0.05) is 16.1 Å². The molecule has 5 nitrogen and oxygen atoms in total. The lowest BCUT2D eigenvalue weighted by Crippen LogP contribution is -2.21. The number of esters is 2. The summed E-state index contributed by atoms with van der Waals surface area (Å²) in [5.74, 6) is -1.80. The van der Waals surface area contributed by atoms with Gasteiger partial charge in [0.15, 0.2) is 0 Å². The van der Waals surface area contributed by atoms with E-state index < -0.39 is 21.0 Å². The van der Waals surface area contributed by atoms with Crippen LogP contribution in [-0.4, -0.2) is 20.4 Å². The van der Waals surface area contributed by atoms with Crippen LogP contribution in [0.1, 0.15) is 20.7 Å². The monoisotopic (exact) mass is 296 g/mol. The molecule has 7 heteroatoms. The SMILES string of the molecule is O=C1OC(=O)c2c(S(=O)(=O)Cl)ccc3cccc1c23. The van der Waals surface area contributed by atoms with Crippen LogP contribution < -0.4 is 0 Å². The van der Waals surface area contributed by atoms with E-state index in [2.05, 4.69) is 4.74 Å². The number of halogens is 1. The fourth-order valence-corrected chi connectivity index (χ4v) is 3.17. The van der Waals surface area contributed by atoms with E-state index in [0.717, 1.165) is 0 Å². The summed E-state index contributed by atoms with van der Waals surface area (Å²) >= 11 is 0. The molecule has 0 unspecified atom stereocenters. The van der Waals surface area contributed by atoms with Crippen molar-refractivity contribution in [1.29, 1.82) is 0 Å². The van der Waals surface area contributed by atoms with Crippen LogP contribution in [0.2, 0.25) is 0 Å². The van der Waals surface area contributed by atoms with Gasteiger partial charge in [0.2, 0.25) is 0 Å². The lowest BCUT2D eigenvalue weighted by molar-refractivity contribution is 0.0388. The largest absolute Gasteiger partial charge is 0.386 e. The fourth-order valence-electron chi connectivity index (χ4n) is 2.13. The molecule has 1 aliphatic rings. The summed E-state index contributed by atoms with van der Waals surface area (Å²) in [6.45, 7) is 0. The normalized spacial score (nSPS) is 14.6. The summed E-state index contributed by atoms with van der Waals surface area (Å²) in [4.78, 5) is 23.0. The standard InChI is InChI=1S/C12H5ClO5S/c13-19(16,17)8-5-4-6-2-1-3-7-9(6)10(8)12(15)18-11(7)14/h1-5H. The highest BCUT2D eigenvalue weighted by atomic mass is 35.7. The van der Waals surface area contributed by atoms with Crippen LogP contribution in [0.15, 0.2) is 35.2 Å². The van der Waals surface area contributed by atoms with Gasteiger partial charge in [-0.3, -0.25) is 0 Å². The second-order valence-electron chi connectivity index (χ2n) is 3.96. The number of benzene rings is 2. The van der Waals surface area contributed by atoms with E-state index in [1.165, 1.54) is 18.2 Å². The Morgan fingerprint density at radius 1 is 1.00 bits per heavy atom. The number of hydrogen-bond acceptors (Lipinski definition) is 5. The van der Waals surface area contributed by atoms with Gasteiger partial charge in [-0.15, -0.1) is 0 Å². The van der Waals surface area contributed by atoms with Crippen molar-refractivity contribution in [1.82, 2.24) is 0 Å². The molecule has 0 N–H and O–H groups in total. The molecule has 1 heterocycles. The third-order valence-corrected chi connectivity index (χ3v) is 4.24. The first kappa shape index (κ1) is 12.1. The second kappa shape index (κ2) is 3.79. The van der Waals surface area contributed by atoms with Crippen molar-refractivity contribution in [2.45, 2.75) is 4.90 Å². The summed E-state index contributed by atoms with van der Waals surface area (Å²) in [7, 11) is 1.19. The molecule has 96 valence electrons. The molecule has 0 saturated heterocycles. The van der Waals surface area contributed by atoms with Crippen molar-refractivity contribution < 1.29 is 22.7 Å². The first-order chi connectivity index (χ1) is 8.89. The van der Waals surface area contributed by atoms with Crippen LogP contribution in [0.5, 0.6) is 0 Å². The van der Waals surface area contributed by atoms with Crippen molar-refractivity contribution in [3.63, 3.8) is 0 Å². The topological polar surface area (TPSA) is 77.5 Å². The molecule has 0 aromatic heterocycles. The molecule has 3 rings (SSSR count). The Balaban J connectivity index is 2.59. The van der Waals surface area contributed by atoms with Gasteiger partial charge in [-0.2, -0.15) is 0 Å². The Morgan fingerprint density at radius 3 is 2.42 bits per heavy atom. The minimum Gasteiger partial charge on any atom is -0.386 e. The van der Waals surface area contributed by atoms with E-state index in [1.54, 1.807) is 12.1 Å². The van der Waals surface area contributed by atoms with E-state index in [0.29, 0.717) is 5.39 Å². The Labute approximate surface area is 112 Å². The molecule has 19 heavy (non-hydrogen) atoms. The van der Waals surface area contributed by atoms with E-state index in [-0.39, 0.29) is 21.4 Å². The van der Waals surface area contributed by atoms with Crippen LogP contribution in [-0.2, 0) is 13.8 Å². The molecule has 0 atom stereocenters. The van der Waals surface area contributed by atoms with Crippen LogP contribution in [0.25, 0.3) is 10.8 Å². The molecule has 2 aromatic carbocycles. The third-order valence-electron chi connectivity index (χ3n) is 2.88. The highest BCUT2D eigenvalue weighted by Gasteiger charge is 2.32. The number of cyclic esters (lactones) is 2. The van der Waals surface area contributed by atoms with Crippen molar-refractivity contribution in [2.75, 3.05) is 0 Å². The van der Waals surface area contributed by atoms with Gasteiger partial charge in [0.05, 0.1) is 16.0 Å². The molecule has 0 fully saturated rings. The number of carbonyl (C=O) groups excluding carboxylic acids is 2. The maximum atomic E-state index is 11.8. The lowest BCUT2D eigenvalue weighted by atomic mass is 9.97. The molecule has 2 aromatic rings. The zero-order valence-corrected chi connectivity index (χ0v) is 10.8. The van der Waals surface area contributed by atoms with Crippen molar-refractivity contribution >= 4 is 42.4 Å². The van der Waals surface area contributed by atoms with Gasteiger partial charge in [-0.25, -0.2) is 18.0 Å².